The van der Waals surface area contributed by atoms with Crippen molar-refractivity contribution in [3.05, 3.63) is 46.2 Å². The Hall–Kier alpha value is -1.26. The third kappa shape index (κ3) is 2.84. The maximum absolute atomic E-state index is 4.26. The average molecular weight is 219 g/mol. The van der Waals surface area contributed by atoms with Crippen LogP contribution in [0.25, 0.3) is 0 Å². The summed E-state index contributed by atoms with van der Waals surface area (Å²) < 4.78 is 0. The van der Waals surface area contributed by atoms with Crippen LogP contribution in [0.3, 0.4) is 0 Å². The highest BCUT2D eigenvalue weighted by atomic mass is 32.1. The van der Waals surface area contributed by atoms with Crippen molar-refractivity contribution in [1.82, 2.24) is 15.3 Å². The monoisotopic (exact) mass is 219 g/mol. The van der Waals surface area contributed by atoms with Crippen molar-refractivity contribution in [2.24, 2.45) is 0 Å². The van der Waals surface area contributed by atoms with Crippen molar-refractivity contribution in [2.75, 3.05) is 7.05 Å². The second-order valence-corrected chi connectivity index (χ2v) is 4.31. The molecule has 2 rings (SSSR count). The molecule has 78 valence electrons. The maximum atomic E-state index is 4.26. The summed E-state index contributed by atoms with van der Waals surface area (Å²) in [5, 5.41) is 6.25. The van der Waals surface area contributed by atoms with Gasteiger partial charge >= 0.3 is 0 Å². The van der Waals surface area contributed by atoms with E-state index in [9.17, 15) is 0 Å². The van der Waals surface area contributed by atoms with Crippen LogP contribution in [0.2, 0.25) is 0 Å². The number of thiazole rings is 1. The number of rotatable bonds is 4. The van der Waals surface area contributed by atoms with Crippen molar-refractivity contribution in [3.8, 4) is 0 Å². The number of nitrogens with zero attached hydrogens (tertiary/aromatic N) is 2. The third-order valence-electron chi connectivity index (χ3n) is 2.07. The predicted molar refractivity (Wildman–Crippen MR) is 61.9 cm³/mol. The Morgan fingerprint density at radius 3 is 2.93 bits per heavy atom. The van der Waals surface area contributed by atoms with Gasteiger partial charge in [0.15, 0.2) is 0 Å². The molecule has 0 saturated carbocycles. The number of hydrogen-bond acceptors (Lipinski definition) is 4. The Morgan fingerprint density at radius 1 is 1.33 bits per heavy atom. The zero-order valence-electron chi connectivity index (χ0n) is 8.60. The van der Waals surface area contributed by atoms with Crippen molar-refractivity contribution in [3.63, 3.8) is 0 Å². The van der Waals surface area contributed by atoms with Gasteiger partial charge in [0.25, 0.3) is 0 Å². The summed E-state index contributed by atoms with van der Waals surface area (Å²) in [6.07, 6.45) is 6.51. The molecule has 0 atom stereocenters. The number of pyridine rings is 1. The van der Waals surface area contributed by atoms with Gasteiger partial charge < -0.3 is 5.32 Å². The first-order valence-corrected chi connectivity index (χ1v) is 5.72. The zero-order valence-corrected chi connectivity index (χ0v) is 9.42. The lowest BCUT2D eigenvalue weighted by Gasteiger charge is -2.02. The summed E-state index contributed by atoms with van der Waals surface area (Å²) in [5.74, 6) is 0. The Kier molecular flexibility index (Phi) is 3.42. The molecule has 2 aromatic heterocycles. The molecule has 0 aromatic carbocycles. The molecule has 0 fully saturated rings. The molecule has 0 aliphatic rings. The van der Waals surface area contributed by atoms with Gasteiger partial charge in [-0.15, -0.1) is 11.3 Å². The van der Waals surface area contributed by atoms with Gasteiger partial charge in [-0.3, -0.25) is 4.98 Å². The van der Waals surface area contributed by atoms with Gasteiger partial charge in [0, 0.05) is 36.9 Å². The molecule has 0 spiro atoms. The van der Waals surface area contributed by atoms with E-state index in [0.29, 0.717) is 0 Å². The highest BCUT2D eigenvalue weighted by Gasteiger charge is 2.00. The van der Waals surface area contributed by atoms with Crippen LogP contribution in [0, 0.1) is 0 Å². The molecule has 3 nitrogen and oxygen atoms in total. The van der Waals surface area contributed by atoms with Gasteiger partial charge in [-0.25, -0.2) is 4.98 Å². The van der Waals surface area contributed by atoms with E-state index in [4.69, 9.17) is 0 Å². The van der Waals surface area contributed by atoms with E-state index >= 15 is 0 Å². The first kappa shape index (κ1) is 10.3. The van der Waals surface area contributed by atoms with E-state index < -0.39 is 0 Å². The fourth-order valence-electron chi connectivity index (χ4n) is 1.45. The summed E-state index contributed by atoms with van der Waals surface area (Å²) in [6.45, 7) is 0.860. The predicted octanol–water partition coefficient (Wildman–Crippen LogP) is 1.85. The van der Waals surface area contributed by atoms with Gasteiger partial charge in [-0.05, 0) is 18.2 Å². The molecule has 2 heterocycles. The Morgan fingerprint density at radius 2 is 2.20 bits per heavy atom. The van der Waals surface area contributed by atoms with Crippen LogP contribution in [0.1, 0.15) is 16.1 Å². The Bertz CT molecular complexity index is 412. The van der Waals surface area contributed by atoms with Gasteiger partial charge in [-0.2, -0.15) is 0 Å². The van der Waals surface area contributed by atoms with Gasteiger partial charge in [-0.1, -0.05) is 6.07 Å². The highest BCUT2D eigenvalue weighted by Crippen LogP contribution is 2.12. The first-order valence-electron chi connectivity index (χ1n) is 4.84. The summed E-state index contributed by atoms with van der Waals surface area (Å²) in [5.41, 5.74) is 2.43. The fraction of sp³-hybridized carbons (Fsp3) is 0.273. The molecule has 0 unspecified atom stereocenters. The van der Waals surface area contributed by atoms with E-state index in [2.05, 4.69) is 21.4 Å². The lowest BCUT2D eigenvalue weighted by Crippen LogP contribution is -2.05. The normalized spacial score (nSPS) is 10.5. The standard InChI is InChI=1S/C11H13N3S/c1-12-6-10-4-9(7-13-8-10)5-11-14-2-3-15-11/h2-4,7-8,12H,5-6H2,1H3. The molecule has 15 heavy (non-hydrogen) atoms. The molecule has 0 saturated heterocycles. The second-order valence-electron chi connectivity index (χ2n) is 3.33. The van der Waals surface area contributed by atoms with Crippen LogP contribution in [0.15, 0.2) is 30.0 Å². The summed E-state index contributed by atoms with van der Waals surface area (Å²) >= 11 is 1.68. The number of nitrogens with one attached hydrogen (secondary N) is 1. The molecule has 0 amide bonds. The van der Waals surface area contributed by atoms with E-state index in [1.807, 2.05) is 31.0 Å². The maximum Gasteiger partial charge on any atom is 0.0969 e. The topological polar surface area (TPSA) is 37.8 Å². The van der Waals surface area contributed by atoms with Crippen LogP contribution in [-0.2, 0) is 13.0 Å². The van der Waals surface area contributed by atoms with Crippen molar-refractivity contribution >= 4 is 11.3 Å². The van der Waals surface area contributed by atoms with E-state index in [1.165, 1.54) is 11.1 Å². The van der Waals surface area contributed by atoms with Crippen LogP contribution in [0.4, 0.5) is 0 Å². The molecule has 0 aliphatic heterocycles. The highest BCUT2D eigenvalue weighted by molar-refractivity contribution is 7.09. The molecule has 0 bridgehead atoms. The summed E-state index contributed by atoms with van der Waals surface area (Å²) in [6, 6.07) is 2.17. The lowest BCUT2D eigenvalue weighted by atomic mass is 10.1. The van der Waals surface area contributed by atoms with E-state index in [0.717, 1.165) is 18.0 Å². The van der Waals surface area contributed by atoms with Crippen molar-refractivity contribution < 1.29 is 0 Å². The molecule has 0 aliphatic carbocycles. The van der Waals surface area contributed by atoms with E-state index in [1.54, 1.807) is 11.3 Å². The minimum atomic E-state index is 0.860. The summed E-state index contributed by atoms with van der Waals surface area (Å²) in [7, 11) is 1.94. The molecular weight excluding hydrogens is 206 g/mol. The van der Waals surface area contributed by atoms with Gasteiger partial charge in [0.1, 0.15) is 0 Å². The molecule has 0 radical (unpaired) electrons. The van der Waals surface area contributed by atoms with Crippen molar-refractivity contribution in [1.29, 1.82) is 0 Å². The Labute approximate surface area is 93.2 Å². The van der Waals surface area contributed by atoms with Gasteiger partial charge in [0.05, 0.1) is 5.01 Å². The molecule has 2 aromatic rings. The molecule has 1 N–H and O–H groups in total. The number of hydrogen-bond donors (Lipinski definition) is 1. The number of aromatic nitrogens is 2. The second kappa shape index (κ2) is 5.00. The first-order chi connectivity index (χ1) is 7.38. The SMILES string of the molecule is CNCc1cncc(Cc2nccs2)c1. The minimum absolute atomic E-state index is 0.860. The molecular formula is C11H13N3S. The molecule has 4 heteroatoms. The van der Waals surface area contributed by atoms with Crippen molar-refractivity contribution in [2.45, 2.75) is 13.0 Å². The lowest BCUT2D eigenvalue weighted by molar-refractivity contribution is 0.811. The van der Waals surface area contributed by atoms with E-state index in [-0.39, 0.29) is 0 Å². The van der Waals surface area contributed by atoms with Crippen LogP contribution in [-0.4, -0.2) is 17.0 Å². The third-order valence-corrected chi connectivity index (χ3v) is 2.85. The zero-order chi connectivity index (χ0) is 10.5. The smallest absolute Gasteiger partial charge is 0.0969 e. The average Bonchev–Trinajstić information content (AvgIpc) is 2.71. The van der Waals surface area contributed by atoms with Gasteiger partial charge in [0.2, 0.25) is 0 Å². The quantitative estimate of drug-likeness (QED) is 0.852. The van der Waals surface area contributed by atoms with Crippen LogP contribution < -0.4 is 5.32 Å². The fourth-order valence-corrected chi connectivity index (χ4v) is 2.10. The largest absolute Gasteiger partial charge is 0.316 e. The van der Waals surface area contributed by atoms with Crippen LogP contribution in [0.5, 0.6) is 0 Å². The Balaban J connectivity index is 2.11. The van der Waals surface area contributed by atoms with Crippen LogP contribution >= 0.6 is 11.3 Å². The summed E-state index contributed by atoms with van der Waals surface area (Å²) in [4.78, 5) is 8.48. The minimum Gasteiger partial charge on any atom is -0.316 e.